The first-order valence-corrected chi connectivity index (χ1v) is 7.80. The summed E-state index contributed by atoms with van der Waals surface area (Å²) in [6, 6.07) is 7.79. The molecule has 0 spiro atoms. The summed E-state index contributed by atoms with van der Waals surface area (Å²) in [5.41, 5.74) is 8.76. The Morgan fingerprint density at radius 1 is 1.16 bits per heavy atom. The smallest absolute Gasteiger partial charge is 0.230 e. The van der Waals surface area contributed by atoms with Crippen molar-refractivity contribution in [1.29, 1.82) is 0 Å². The number of rotatable bonds is 1. The lowest BCUT2D eigenvalue weighted by atomic mass is 10.2. The molecule has 0 aliphatic carbocycles. The van der Waals surface area contributed by atoms with Gasteiger partial charge in [0.1, 0.15) is 6.79 Å². The van der Waals surface area contributed by atoms with E-state index in [2.05, 4.69) is 25.1 Å². The lowest BCUT2D eigenvalue weighted by Crippen LogP contribution is -2.32. The number of anilines is 1. The summed E-state index contributed by atoms with van der Waals surface area (Å²) < 4.78 is 5.10. The van der Waals surface area contributed by atoms with Gasteiger partial charge in [-0.2, -0.15) is 0 Å². The Morgan fingerprint density at radius 3 is 1.72 bits per heavy atom. The zero-order valence-electron chi connectivity index (χ0n) is 16.0. The number of nitrogens with zero attached hydrogens (tertiary/aromatic N) is 1. The monoisotopic (exact) mass is 357 g/mol. The zero-order valence-corrected chi connectivity index (χ0v) is 16.0. The molecule has 1 aliphatic heterocycles. The lowest BCUT2D eigenvalue weighted by molar-refractivity contribution is -0.116. The van der Waals surface area contributed by atoms with E-state index in [4.69, 9.17) is 25.3 Å². The van der Waals surface area contributed by atoms with Gasteiger partial charge >= 0.3 is 0 Å². The van der Waals surface area contributed by atoms with Gasteiger partial charge in [0.15, 0.2) is 0 Å². The van der Waals surface area contributed by atoms with Gasteiger partial charge in [-0.15, -0.1) is 13.2 Å². The molecule has 2 rings (SSSR count). The maximum Gasteiger partial charge on any atom is 0.230 e. The van der Waals surface area contributed by atoms with Crippen LogP contribution in [0.5, 0.6) is 0 Å². The molecule has 1 aromatic carbocycles. The molecular weight excluding hydrogens is 322 g/mol. The van der Waals surface area contributed by atoms with E-state index in [-0.39, 0.29) is 6.41 Å². The molecule has 1 saturated heterocycles. The Balaban J connectivity index is -0.000000119. The highest BCUT2D eigenvalue weighted by Crippen LogP contribution is 2.02. The number of aryl methyl sites for hydroxylation is 1. The first kappa shape index (κ1) is 30.6. The number of nitrogens with one attached hydrogen (secondary N) is 1. The minimum absolute atomic E-state index is 0.181. The second-order valence-corrected chi connectivity index (χ2v) is 4.07. The summed E-state index contributed by atoms with van der Waals surface area (Å²) in [5.74, 6) is 0. The second kappa shape index (κ2) is 29.7. The maximum atomic E-state index is 8.81. The number of nitrogen functional groups attached to an aromatic ring is 1. The van der Waals surface area contributed by atoms with Crippen LogP contribution in [0.25, 0.3) is 0 Å². The van der Waals surface area contributed by atoms with E-state index in [1.807, 2.05) is 51.8 Å². The Bertz CT molecular complexity index is 333. The molecule has 1 aromatic rings. The summed E-state index contributed by atoms with van der Waals surface area (Å²) in [6.07, 6.45) is 0.181. The van der Waals surface area contributed by atoms with E-state index < -0.39 is 0 Å². The molecule has 0 unspecified atom stereocenters. The van der Waals surface area contributed by atoms with Crippen molar-refractivity contribution < 1.29 is 19.5 Å². The SMILES string of the molecule is C=C.C=O.CC.CN1CCOCC1.Cc1ccc(N)cc1.O=CNO. The van der Waals surface area contributed by atoms with Crippen molar-refractivity contribution in [3.05, 3.63) is 43.0 Å². The largest absolute Gasteiger partial charge is 0.399 e. The number of hydrogen-bond acceptors (Lipinski definition) is 6. The third kappa shape index (κ3) is 30.3. The molecule has 1 heterocycles. The van der Waals surface area contributed by atoms with Crippen LogP contribution in [-0.2, 0) is 14.3 Å². The molecule has 0 bridgehead atoms. The topological polar surface area (TPSA) is 105 Å². The average Bonchev–Trinajstić information content (AvgIpc) is 2.70. The molecule has 25 heavy (non-hydrogen) atoms. The van der Waals surface area contributed by atoms with E-state index in [1.165, 1.54) is 11.0 Å². The standard InChI is InChI=1S/C7H9N.C5H11NO.C2H6.C2H4.CH3NO2.CH2O/c1-6-2-4-7(8)5-3-6;1-6-2-4-7-5-3-6;2*1-2;3-1-2-4;1-2/h2-5H,8H2,1H3;2-5H2,1H3;1-2H3;1-2H2;1,4H,(H,2,3);1H2. The van der Waals surface area contributed by atoms with Gasteiger partial charge in [0, 0.05) is 18.8 Å². The quantitative estimate of drug-likeness (QED) is 0.234. The number of hydroxylamine groups is 1. The van der Waals surface area contributed by atoms with E-state index in [9.17, 15) is 0 Å². The van der Waals surface area contributed by atoms with E-state index in [1.54, 1.807) is 0 Å². The summed E-state index contributed by atoms with van der Waals surface area (Å²) in [5, 5.41) is 7.26. The van der Waals surface area contributed by atoms with Crippen LogP contribution in [0, 0.1) is 6.92 Å². The van der Waals surface area contributed by atoms with Crippen molar-refractivity contribution in [2.45, 2.75) is 20.8 Å². The molecule has 7 nitrogen and oxygen atoms in total. The zero-order chi connectivity index (χ0) is 20.5. The number of nitrogens with two attached hydrogens (primary N) is 1. The summed E-state index contributed by atoms with van der Waals surface area (Å²) in [6.45, 7) is 18.1. The molecule has 1 fully saturated rings. The highest BCUT2D eigenvalue weighted by atomic mass is 16.5. The van der Waals surface area contributed by atoms with Crippen LogP contribution in [-0.4, -0.2) is 56.7 Å². The van der Waals surface area contributed by atoms with Gasteiger partial charge in [-0.3, -0.25) is 10.0 Å². The predicted molar refractivity (Wildman–Crippen MR) is 105 cm³/mol. The lowest BCUT2D eigenvalue weighted by Gasteiger charge is -2.21. The van der Waals surface area contributed by atoms with Crippen LogP contribution in [0.2, 0.25) is 0 Å². The average molecular weight is 357 g/mol. The van der Waals surface area contributed by atoms with Crippen LogP contribution < -0.4 is 11.2 Å². The van der Waals surface area contributed by atoms with Crippen molar-refractivity contribution >= 4 is 18.9 Å². The Hall–Kier alpha value is -2.22. The van der Waals surface area contributed by atoms with Crippen molar-refractivity contribution in [2.24, 2.45) is 0 Å². The number of hydrogen-bond donors (Lipinski definition) is 3. The fourth-order valence-electron chi connectivity index (χ4n) is 1.22. The molecule has 1 amide bonds. The molecule has 0 radical (unpaired) electrons. The predicted octanol–water partition coefficient (Wildman–Crippen LogP) is 2.29. The second-order valence-electron chi connectivity index (χ2n) is 4.07. The number of carbonyl (C=O) groups is 2. The number of morpholine rings is 1. The van der Waals surface area contributed by atoms with Crippen molar-refractivity contribution in [3.63, 3.8) is 0 Å². The summed E-state index contributed by atoms with van der Waals surface area (Å²) in [7, 11) is 2.11. The first-order chi connectivity index (χ1) is 12.1. The third-order valence-electron chi connectivity index (χ3n) is 2.36. The first-order valence-electron chi connectivity index (χ1n) is 7.80. The molecule has 4 N–H and O–H groups in total. The maximum absolute atomic E-state index is 8.81. The summed E-state index contributed by atoms with van der Waals surface area (Å²) >= 11 is 0. The van der Waals surface area contributed by atoms with E-state index >= 15 is 0 Å². The molecule has 146 valence electrons. The van der Waals surface area contributed by atoms with Gasteiger partial charge in [-0.05, 0) is 26.1 Å². The van der Waals surface area contributed by atoms with Crippen LogP contribution >= 0.6 is 0 Å². The number of benzene rings is 1. The minimum Gasteiger partial charge on any atom is -0.399 e. The molecule has 0 aromatic heterocycles. The van der Waals surface area contributed by atoms with E-state index in [0.717, 1.165) is 32.0 Å². The highest BCUT2D eigenvalue weighted by molar-refractivity contribution is 5.43. The third-order valence-corrected chi connectivity index (χ3v) is 2.36. The fourth-order valence-corrected chi connectivity index (χ4v) is 1.22. The van der Waals surface area contributed by atoms with Gasteiger partial charge in [0.25, 0.3) is 0 Å². The van der Waals surface area contributed by atoms with Gasteiger partial charge in [0.2, 0.25) is 6.41 Å². The van der Waals surface area contributed by atoms with Gasteiger partial charge < -0.3 is 20.2 Å². The minimum atomic E-state index is 0.181. The van der Waals surface area contributed by atoms with Crippen molar-refractivity contribution in [2.75, 3.05) is 39.1 Å². The normalized spacial score (nSPS) is 11.4. The number of carbonyl (C=O) groups excluding carboxylic acids is 2. The number of ether oxygens (including phenoxy) is 1. The van der Waals surface area contributed by atoms with Gasteiger partial charge in [0.05, 0.1) is 13.2 Å². The van der Waals surface area contributed by atoms with E-state index in [0.29, 0.717) is 0 Å². The fraction of sp³-hybridized carbons (Fsp3) is 0.444. The molecule has 0 atom stereocenters. The van der Waals surface area contributed by atoms with Crippen LogP contribution in [0.3, 0.4) is 0 Å². The molecular formula is C18H35N3O4. The molecule has 1 aliphatic rings. The molecule has 0 saturated carbocycles. The van der Waals surface area contributed by atoms with Crippen LogP contribution in [0.15, 0.2) is 37.4 Å². The van der Waals surface area contributed by atoms with Gasteiger partial charge in [-0.1, -0.05) is 31.5 Å². The van der Waals surface area contributed by atoms with Gasteiger partial charge in [-0.25, -0.2) is 5.48 Å². The molecule has 7 heteroatoms. The van der Waals surface area contributed by atoms with Crippen molar-refractivity contribution in [3.8, 4) is 0 Å². The van der Waals surface area contributed by atoms with Crippen LogP contribution in [0.1, 0.15) is 19.4 Å². The Morgan fingerprint density at radius 2 is 1.52 bits per heavy atom. The number of amides is 1. The Kier molecular flexibility index (Phi) is 36.5. The number of likely N-dealkylation sites (N-methyl/N-ethyl adjacent to an activating group) is 1. The Labute approximate surface area is 152 Å². The van der Waals surface area contributed by atoms with Crippen LogP contribution in [0.4, 0.5) is 5.69 Å². The van der Waals surface area contributed by atoms with Crippen molar-refractivity contribution in [1.82, 2.24) is 10.4 Å². The highest BCUT2D eigenvalue weighted by Gasteiger charge is 2.02. The summed E-state index contributed by atoms with van der Waals surface area (Å²) in [4.78, 5) is 19.1.